The Balaban J connectivity index is 2.24. The SMILES string of the molecule is Cc1cc(C(C)C)ccc1C1C(=O)Oc2c1cc(C(C)(C)C)cc2C(C)(C)C. The summed E-state index contributed by atoms with van der Waals surface area (Å²) in [5, 5.41) is 0. The Hall–Kier alpha value is -2.09. The lowest BCUT2D eigenvalue weighted by atomic mass is 9.77. The Morgan fingerprint density at radius 1 is 0.893 bits per heavy atom. The predicted molar refractivity (Wildman–Crippen MR) is 117 cm³/mol. The van der Waals surface area contributed by atoms with Crippen LogP contribution in [0.3, 0.4) is 0 Å². The van der Waals surface area contributed by atoms with Crippen LogP contribution in [0.25, 0.3) is 0 Å². The molecule has 0 saturated carbocycles. The van der Waals surface area contributed by atoms with Crippen LogP contribution in [0.5, 0.6) is 5.75 Å². The summed E-state index contributed by atoms with van der Waals surface area (Å²) < 4.78 is 5.89. The number of ether oxygens (including phenoxy) is 1. The van der Waals surface area contributed by atoms with E-state index in [1.165, 1.54) is 11.1 Å². The molecule has 28 heavy (non-hydrogen) atoms. The summed E-state index contributed by atoms with van der Waals surface area (Å²) in [5.41, 5.74) is 6.78. The first-order chi connectivity index (χ1) is 12.8. The first-order valence-electron chi connectivity index (χ1n) is 10.3. The van der Waals surface area contributed by atoms with Gasteiger partial charge in [0.25, 0.3) is 0 Å². The van der Waals surface area contributed by atoms with Gasteiger partial charge in [-0.1, -0.05) is 85.7 Å². The number of rotatable bonds is 2. The molecule has 1 atom stereocenters. The second-order valence-electron chi connectivity index (χ2n) is 10.6. The average molecular weight is 379 g/mol. The standard InChI is InChI=1S/C26H34O2/c1-15(2)17-10-11-19(16(3)12-17)22-20-13-18(25(4,5)6)14-21(26(7,8)9)23(20)28-24(22)27/h10-15,22H,1-9H3. The van der Waals surface area contributed by atoms with Gasteiger partial charge in [0.1, 0.15) is 11.7 Å². The van der Waals surface area contributed by atoms with Crippen molar-refractivity contribution in [3.8, 4) is 5.75 Å². The number of carbonyl (C=O) groups is 1. The molecule has 2 heteroatoms. The molecule has 0 aromatic heterocycles. The predicted octanol–water partition coefficient (Wildman–Crippen LogP) is 6.76. The molecular formula is C26H34O2. The van der Waals surface area contributed by atoms with Gasteiger partial charge in [0, 0.05) is 11.1 Å². The summed E-state index contributed by atoms with van der Waals surface area (Å²) in [6, 6.07) is 10.9. The van der Waals surface area contributed by atoms with Crippen LogP contribution < -0.4 is 4.74 Å². The number of aryl methyl sites for hydroxylation is 1. The van der Waals surface area contributed by atoms with Crippen LogP contribution in [0.4, 0.5) is 0 Å². The van der Waals surface area contributed by atoms with Crippen molar-refractivity contribution in [1.82, 2.24) is 0 Å². The van der Waals surface area contributed by atoms with E-state index < -0.39 is 0 Å². The number of hydrogen-bond donors (Lipinski definition) is 0. The summed E-state index contributed by atoms with van der Waals surface area (Å²) in [7, 11) is 0. The summed E-state index contributed by atoms with van der Waals surface area (Å²) in [6.07, 6.45) is 0. The van der Waals surface area contributed by atoms with Crippen molar-refractivity contribution >= 4 is 5.97 Å². The molecule has 0 saturated heterocycles. The molecule has 0 aliphatic carbocycles. The molecule has 1 aliphatic heterocycles. The molecule has 2 aromatic carbocycles. The van der Waals surface area contributed by atoms with Gasteiger partial charge in [-0.3, -0.25) is 4.79 Å². The van der Waals surface area contributed by atoms with Crippen LogP contribution in [0, 0.1) is 6.92 Å². The summed E-state index contributed by atoms with van der Waals surface area (Å²) in [5.74, 6) is 0.727. The lowest BCUT2D eigenvalue weighted by molar-refractivity contribution is -0.133. The van der Waals surface area contributed by atoms with Crippen molar-refractivity contribution in [1.29, 1.82) is 0 Å². The van der Waals surface area contributed by atoms with Gasteiger partial charge in [0.15, 0.2) is 0 Å². The summed E-state index contributed by atoms with van der Waals surface area (Å²) in [6.45, 7) is 19.7. The maximum Gasteiger partial charge on any atom is 0.323 e. The number of esters is 1. The highest BCUT2D eigenvalue weighted by Gasteiger charge is 2.40. The molecule has 3 rings (SSSR count). The minimum absolute atomic E-state index is 0.00175. The van der Waals surface area contributed by atoms with Crippen molar-refractivity contribution in [2.24, 2.45) is 0 Å². The minimum atomic E-state index is -0.348. The lowest BCUT2D eigenvalue weighted by Gasteiger charge is -2.27. The second-order valence-corrected chi connectivity index (χ2v) is 10.6. The number of carbonyl (C=O) groups excluding carboxylic acids is 1. The molecule has 2 aromatic rings. The highest BCUT2D eigenvalue weighted by molar-refractivity contribution is 5.91. The quantitative estimate of drug-likeness (QED) is 0.426. The van der Waals surface area contributed by atoms with Crippen molar-refractivity contribution in [3.05, 3.63) is 63.7 Å². The van der Waals surface area contributed by atoms with E-state index in [2.05, 4.69) is 92.6 Å². The lowest BCUT2D eigenvalue weighted by Crippen LogP contribution is -2.17. The molecule has 0 radical (unpaired) electrons. The van der Waals surface area contributed by atoms with Gasteiger partial charge in [0.05, 0.1) is 0 Å². The number of benzene rings is 2. The Morgan fingerprint density at radius 3 is 2.04 bits per heavy atom. The molecule has 0 amide bonds. The van der Waals surface area contributed by atoms with Gasteiger partial charge in [-0.05, 0) is 45.9 Å². The van der Waals surface area contributed by atoms with E-state index in [0.29, 0.717) is 5.92 Å². The summed E-state index contributed by atoms with van der Waals surface area (Å²) in [4.78, 5) is 13.0. The smallest absolute Gasteiger partial charge is 0.323 e. The van der Waals surface area contributed by atoms with Gasteiger partial charge in [0.2, 0.25) is 0 Å². The number of fused-ring (bicyclic) bond motifs is 1. The second kappa shape index (κ2) is 6.76. The Bertz CT molecular complexity index is 921. The molecule has 0 N–H and O–H groups in total. The van der Waals surface area contributed by atoms with Crippen LogP contribution >= 0.6 is 0 Å². The van der Waals surface area contributed by atoms with Gasteiger partial charge < -0.3 is 4.74 Å². The van der Waals surface area contributed by atoms with E-state index in [1.54, 1.807) is 0 Å². The molecule has 1 unspecified atom stereocenters. The number of hydrogen-bond acceptors (Lipinski definition) is 2. The molecule has 150 valence electrons. The van der Waals surface area contributed by atoms with E-state index in [4.69, 9.17) is 4.74 Å². The van der Waals surface area contributed by atoms with E-state index >= 15 is 0 Å². The molecule has 0 spiro atoms. The van der Waals surface area contributed by atoms with Crippen molar-refractivity contribution in [3.63, 3.8) is 0 Å². The van der Waals surface area contributed by atoms with Crippen LogP contribution in [0.2, 0.25) is 0 Å². The van der Waals surface area contributed by atoms with E-state index in [-0.39, 0.29) is 22.7 Å². The fourth-order valence-corrected chi connectivity index (χ4v) is 3.93. The molecule has 0 bridgehead atoms. The zero-order valence-corrected chi connectivity index (χ0v) is 18.9. The largest absolute Gasteiger partial charge is 0.425 e. The normalized spacial score (nSPS) is 17.1. The topological polar surface area (TPSA) is 26.3 Å². The van der Waals surface area contributed by atoms with Crippen LogP contribution in [0.15, 0.2) is 30.3 Å². The molecule has 0 fully saturated rings. The highest BCUT2D eigenvalue weighted by Crippen LogP contribution is 2.47. The molecular weight excluding hydrogens is 344 g/mol. The average Bonchev–Trinajstić information content (AvgIpc) is 2.87. The Kier molecular flexibility index (Phi) is 4.98. The van der Waals surface area contributed by atoms with Gasteiger partial charge >= 0.3 is 5.97 Å². The van der Waals surface area contributed by atoms with Crippen molar-refractivity contribution in [2.45, 2.75) is 85.0 Å². The van der Waals surface area contributed by atoms with Crippen molar-refractivity contribution < 1.29 is 9.53 Å². The monoisotopic (exact) mass is 378 g/mol. The van der Waals surface area contributed by atoms with Crippen molar-refractivity contribution in [2.75, 3.05) is 0 Å². The Labute approximate surface area is 170 Å². The third-order valence-electron chi connectivity index (χ3n) is 5.81. The van der Waals surface area contributed by atoms with E-state index in [9.17, 15) is 4.79 Å². The maximum absolute atomic E-state index is 13.0. The van der Waals surface area contributed by atoms with Crippen LogP contribution in [-0.4, -0.2) is 5.97 Å². The first-order valence-corrected chi connectivity index (χ1v) is 10.3. The fraction of sp³-hybridized carbons (Fsp3) is 0.500. The zero-order chi connectivity index (χ0) is 21.0. The fourth-order valence-electron chi connectivity index (χ4n) is 3.93. The molecule has 1 aliphatic rings. The van der Waals surface area contributed by atoms with Crippen LogP contribution in [-0.2, 0) is 15.6 Å². The van der Waals surface area contributed by atoms with Gasteiger partial charge in [-0.25, -0.2) is 0 Å². The highest BCUT2D eigenvalue weighted by atomic mass is 16.5. The maximum atomic E-state index is 13.0. The molecule has 1 heterocycles. The molecule has 2 nitrogen and oxygen atoms in total. The minimum Gasteiger partial charge on any atom is -0.425 e. The summed E-state index contributed by atoms with van der Waals surface area (Å²) >= 11 is 0. The third-order valence-corrected chi connectivity index (χ3v) is 5.81. The Morgan fingerprint density at radius 2 is 1.54 bits per heavy atom. The van der Waals surface area contributed by atoms with Gasteiger partial charge in [-0.15, -0.1) is 0 Å². The van der Waals surface area contributed by atoms with Crippen LogP contribution in [0.1, 0.15) is 101 Å². The first kappa shape index (κ1) is 20.6. The van der Waals surface area contributed by atoms with E-state index in [0.717, 1.165) is 28.0 Å². The van der Waals surface area contributed by atoms with E-state index in [1.807, 2.05) is 0 Å². The third kappa shape index (κ3) is 3.62. The van der Waals surface area contributed by atoms with Gasteiger partial charge in [-0.2, -0.15) is 0 Å². The zero-order valence-electron chi connectivity index (χ0n) is 18.9.